The molecule has 1 unspecified atom stereocenters. The van der Waals surface area contributed by atoms with Gasteiger partial charge in [-0.05, 0) is 35.8 Å². The van der Waals surface area contributed by atoms with E-state index in [1.165, 1.54) is 0 Å². The fraction of sp³-hybridized carbons (Fsp3) is 0.429. The number of carbonyl (C=O) groups excluding carboxylic acids is 2. The molecule has 3 atom stereocenters. The average Bonchev–Trinajstić information content (AvgIpc) is 2.86. The lowest BCUT2D eigenvalue weighted by molar-refractivity contribution is -0.124. The van der Waals surface area contributed by atoms with Gasteiger partial charge in [0, 0.05) is 18.6 Å². The molecule has 0 aliphatic heterocycles. The molecular weight excluding hydrogens is 488 g/mol. The van der Waals surface area contributed by atoms with Gasteiger partial charge in [-0.3, -0.25) is 15.4 Å². The van der Waals surface area contributed by atoms with Crippen molar-refractivity contribution >= 4 is 24.4 Å². The van der Waals surface area contributed by atoms with E-state index in [1.54, 1.807) is 6.92 Å². The normalized spacial score (nSPS) is 13.8. The lowest BCUT2D eigenvalue weighted by Crippen LogP contribution is -2.65. The second kappa shape index (κ2) is 14.8. The summed E-state index contributed by atoms with van der Waals surface area (Å²) in [5.74, 6) is -1.38. The summed E-state index contributed by atoms with van der Waals surface area (Å²) < 4.78 is 0. The maximum absolute atomic E-state index is 13.1. The highest BCUT2D eigenvalue weighted by atomic mass is 16.4. The second-order valence-electron chi connectivity index (χ2n) is 9.97. The number of carboxylic acid groups (broad SMARTS) is 2. The van der Waals surface area contributed by atoms with Crippen molar-refractivity contribution in [2.45, 2.75) is 51.2 Å². The topological polar surface area (TPSA) is 157 Å². The third-order valence-corrected chi connectivity index (χ3v) is 6.43. The molecule has 0 aliphatic carbocycles. The molecule has 38 heavy (non-hydrogen) atoms. The molecule has 0 heterocycles. The van der Waals surface area contributed by atoms with E-state index < -0.39 is 41.6 Å². The third kappa shape index (κ3) is 9.95. The standard InChI is InChI=1S/C28H38N4O6/c1-19(2)23(17-33)30-18-28(14-21-10-6-4-7-11-21,15-22-12-8-5-9-13-22)32-24(25(34)31-27(37)38)20(3)16-29-26(35)36/h4-13,17,19-20,23-24,29-30,32H,14-16,18H2,1-3H3,(H,31,34)(H,35,36)(H,37,38)/t20?,23-,24+/m1/s1. The predicted octanol–water partition coefficient (Wildman–Crippen LogP) is 2.68. The number of benzene rings is 2. The van der Waals surface area contributed by atoms with E-state index in [4.69, 9.17) is 5.11 Å². The van der Waals surface area contributed by atoms with Gasteiger partial charge in [0.1, 0.15) is 6.29 Å². The fourth-order valence-corrected chi connectivity index (χ4v) is 4.41. The first-order chi connectivity index (χ1) is 18.0. The van der Waals surface area contributed by atoms with Gasteiger partial charge < -0.3 is 25.6 Å². The van der Waals surface area contributed by atoms with Gasteiger partial charge in [0.25, 0.3) is 0 Å². The molecule has 0 saturated carbocycles. The van der Waals surface area contributed by atoms with E-state index in [0.717, 1.165) is 17.4 Å². The zero-order chi connectivity index (χ0) is 28.1. The summed E-state index contributed by atoms with van der Waals surface area (Å²) in [5.41, 5.74) is 1.08. The van der Waals surface area contributed by atoms with Gasteiger partial charge in [-0.15, -0.1) is 0 Å². The highest BCUT2D eigenvalue weighted by Gasteiger charge is 2.38. The lowest BCUT2D eigenvalue weighted by atomic mass is 9.82. The highest BCUT2D eigenvalue weighted by molar-refractivity contribution is 5.94. The van der Waals surface area contributed by atoms with Gasteiger partial charge in [-0.25, -0.2) is 9.59 Å². The molecule has 10 nitrogen and oxygen atoms in total. The van der Waals surface area contributed by atoms with Crippen LogP contribution in [-0.2, 0) is 22.4 Å². The second-order valence-corrected chi connectivity index (χ2v) is 9.97. The fourth-order valence-electron chi connectivity index (χ4n) is 4.41. The molecule has 0 aromatic heterocycles. The van der Waals surface area contributed by atoms with Crippen molar-refractivity contribution in [2.24, 2.45) is 11.8 Å². The van der Waals surface area contributed by atoms with Gasteiger partial charge in [0.15, 0.2) is 0 Å². The molecule has 206 valence electrons. The van der Waals surface area contributed by atoms with E-state index in [1.807, 2.05) is 79.8 Å². The van der Waals surface area contributed by atoms with Gasteiger partial charge >= 0.3 is 12.2 Å². The Morgan fingerprint density at radius 3 is 1.82 bits per heavy atom. The average molecular weight is 527 g/mol. The van der Waals surface area contributed by atoms with Crippen molar-refractivity contribution in [1.82, 2.24) is 21.3 Å². The number of amides is 3. The van der Waals surface area contributed by atoms with E-state index >= 15 is 0 Å². The molecule has 2 aromatic rings. The largest absolute Gasteiger partial charge is 0.465 e. The van der Waals surface area contributed by atoms with Crippen LogP contribution in [-0.4, -0.2) is 65.3 Å². The Labute approximate surface area is 223 Å². The highest BCUT2D eigenvalue weighted by Crippen LogP contribution is 2.23. The summed E-state index contributed by atoms with van der Waals surface area (Å²) in [6.45, 7) is 5.72. The number of hydrogen-bond acceptors (Lipinski definition) is 6. The first-order valence-corrected chi connectivity index (χ1v) is 12.6. The third-order valence-electron chi connectivity index (χ3n) is 6.43. The van der Waals surface area contributed by atoms with Gasteiger partial charge in [-0.2, -0.15) is 0 Å². The van der Waals surface area contributed by atoms with E-state index in [-0.39, 0.29) is 19.0 Å². The lowest BCUT2D eigenvalue weighted by Gasteiger charge is -2.41. The van der Waals surface area contributed by atoms with Gasteiger partial charge in [0.05, 0.1) is 12.1 Å². The van der Waals surface area contributed by atoms with Crippen molar-refractivity contribution in [3.05, 3.63) is 71.8 Å². The molecule has 2 rings (SSSR count). The monoisotopic (exact) mass is 526 g/mol. The van der Waals surface area contributed by atoms with Gasteiger partial charge in [0.2, 0.25) is 5.91 Å². The Hall–Kier alpha value is -3.76. The molecule has 10 heteroatoms. The molecule has 3 amide bonds. The molecule has 0 fully saturated rings. The number of nitrogens with one attached hydrogen (secondary N) is 4. The number of imide groups is 1. The number of carbonyl (C=O) groups is 4. The van der Waals surface area contributed by atoms with Crippen molar-refractivity contribution in [2.75, 3.05) is 13.1 Å². The summed E-state index contributed by atoms with van der Waals surface area (Å²) in [6.07, 6.45) is -1.02. The summed E-state index contributed by atoms with van der Waals surface area (Å²) in [7, 11) is 0. The van der Waals surface area contributed by atoms with Crippen LogP contribution in [0.3, 0.4) is 0 Å². The molecule has 0 spiro atoms. The molecule has 0 aliphatic rings. The molecule has 0 bridgehead atoms. The van der Waals surface area contributed by atoms with Crippen LogP contribution in [0.4, 0.5) is 9.59 Å². The van der Waals surface area contributed by atoms with E-state index in [2.05, 4.69) is 16.0 Å². The molecule has 6 N–H and O–H groups in total. The predicted molar refractivity (Wildman–Crippen MR) is 144 cm³/mol. The van der Waals surface area contributed by atoms with Crippen LogP contribution in [0.5, 0.6) is 0 Å². The minimum Gasteiger partial charge on any atom is -0.465 e. The van der Waals surface area contributed by atoms with Crippen molar-refractivity contribution in [3.8, 4) is 0 Å². The number of hydrogen-bond donors (Lipinski definition) is 6. The van der Waals surface area contributed by atoms with Crippen molar-refractivity contribution < 1.29 is 29.4 Å². The summed E-state index contributed by atoms with van der Waals surface area (Å²) >= 11 is 0. The first-order valence-electron chi connectivity index (χ1n) is 12.6. The zero-order valence-corrected chi connectivity index (χ0v) is 22.0. The summed E-state index contributed by atoms with van der Waals surface area (Å²) in [4.78, 5) is 47.4. The first kappa shape index (κ1) is 30.5. The number of aldehydes is 1. The maximum atomic E-state index is 13.1. The minimum absolute atomic E-state index is 0.0171. The van der Waals surface area contributed by atoms with E-state index in [9.17, 15) is 24.3 Å². The van der Waals surface area contributed by atoms with Crippen molar-refractivity contribution in [1.29, 1.82) is 0 Å². The quantitative estimate of drug-likeness (QED) is 0.193. The number of rotatable bonds is 15. The Morgan fingerprint density at radius 2 is 1.39 bits per heavy atom. The molecule has 0 saturated heterocycles. The Bertz CT molecular complexity index is 1010. The van der Waals surface area contributed by atoms with Crippen LogP contribution in [0.1, 0.15) is 31.9 Å². The smallest absolute Gasteiger partial charge is 0.411 e. The van der Waals surface area contributed by atoms with Gasteiger partial charge in [-0.1, -0.05) is 81.4 Å². The van der Waals surface area contributed by atoms with E-state index in [0.29, 0.717) is 12.8 Å². The minimum atomic E-state index is -1.50. The SMILES string of the molecule is CC(CNC(=O)O)[C@H](NC(CN[C@H](C=O)C(C)C)(Cc1ccccc1)Cc1ccccc1)C(=O)NC(=O)O. The summed E-state index contributed by atoms with van der Waals surface area (Å²) in [6, 6.07) is 17.8. The van der Waals surface area contributed by atoms with Crippen LogP contribution < -0.4 is 21.3 Å². The Kier molecular flexibility index (Phi) is 11.9. The van der Waals surface area contributed by atoms with Crippen LogP contribution in [0.25, 0.3) is 0 Å². The van der Waals surface area contributed by atoms with Crippen LogP contribution in [0.15, 0.2) is 60.7 Å². The Balaban J connectivity index is 2.57. The van der Waals surface area contributed by atoms with Crippen LogP contribution >= 0.6 is 0 Å². The Morgan fingerprint density at radius 1 is 0.868 bits per heavy atom. The molecular formula is C28H38N4O6. The van der Waals surface area contributed by atoms with Crippen LogP contribution in [0.2, 0.25) is 0 Å². The molecule has 0 radical (unpaired) electrons. The summed E-state index contributed by atoms with van der Waals surface area (Å²) in [5, 5.41) is 29.3. The maximum Gasteiger partial charge on any atom is 0.411 e. The zero-order valence-electron chi connectivity index (χ0n) is 22.0. The van der Waals surface area contributed by atoms with Crippen molar-refractivity contribution in [3.63, 3.8) is 0 Å². The van der Waals surface area contributed by atoms with Crippen LogP contribution in [0, 0.1) is 11.8 Å². The molecule has 2 aromatic carbocycles.